The van der Waals surface area contributed by atoms with Crippen LogP contribution < -0.4 is 10.1 Å². The predicted octanol–water partition coefficient (Wildman–Crippen LogP) is 3.42. The van der Waals surface area contributed by atoms with Gasteiger partial charge in [0.25, 0.3) is 0 Å². The van der Waals surface area contributed by atoms with E-state index in [2.05, 4.69) is 51.2 Å². The summed E-state index contributed by atoms with van der Waals surface area (Å²) in [5.74, 6) is 1.05. The molecule has 1 aromatic rings. The van der Waals surface area contributed by atoms with Gasteiger partial charge in [-0.1, -0.05) is 32.9 Å². The van der Waals surface area contributed by atoms with Crippen molar-refractivity contribution in [2.24, 2.45) is 0 Å². The molecule has 1 N–H and O–H groups in total. The van der Waals surface area contributed by atoms with Crippen LogP contribution in [0.4, 0.5) is 0 Å². The molecule has 0 aromatic heterocycles. The summed E-state index contributed by atoms with van der Waals surface area (Å²) in [6.45, 7) is 10.7. The fourth-order valence-corrected chi connectivity index (χ4v) is 2.46. The SMILES string of the molecule is Cc1ccc(C(C)(C)C)c(OC[C@@H]2CCCN2)c1. The molecule has 1 atom stereocenters. The van der Waals surface area contributed by atoms with E-state index in [1.54, 1.807) is 0 Å². The van der Waals surface area contributed by atoms with E-state index in [-0.39, 0.29) is 5.41 Å². The van der Waals surface area contributed by atoms with Gasteiger partial charge < -0.3 is 10.1 Å². The van der Waals surface area contributed by atoms with Gasteiger partial charge in [0.05, 0.1) is 0 Å². The number of hydrogen-bond acceptors (Lipinski definition) is 2. The monoisotopic (exact) mass is 247 g/mol. The minimum absolute atomic E-state index is 0.131. The summed E-state index contributed by atoms with van der Waals surface area (Å²) in [6.07, 6.45) is 2.50. The first kappa shape index (κ1) is 13.4. The molecule has 0 unspecified atom stereocenters. The van der Waals surface area contributed by atoms with Crippen molar-refractivity contribution in [3.05, 3.63) is 29.3 Å². The van der Waals surface area contributed by atoms with E-state index < -0.39 is 0 Å². The number of nitrogens with one attached hydrogen (secondary N) is 1. The molecule has 0 aliphatic carbocycles. The zero-order valence-corrected chi connectivity index (χ0v) is 12.0. The minimum atomic E-state index is 0.131. The molecule has 0 saturated carbocycles. The van der Waals surface area contributed by atoms with Gasteiger partial charge in [0.15, 0.2) is 0 Å². The molecule has 18 heavy (non-hydrogen) atoms. The van der Waals surface area contributed by atoms with Crippen molar-refractivity contribution in [2.75, 3.05) is 13.2 Å². The Hall–Kier alpha value is -1.02. The van der Waals surface area contributed by atoms with Crippen LogP contribution in [0.25, 0.3) is 0 Å². The fraction of sp³-hybridized carbons (Fsp3) is 0.625. The number of aryl methyl sites for hydroxylation is 1. The van der Waals surface area contributed by atoms with E-state index in [9.17, 15) is 0 Å². The number of hydrogen-bond donors (Lipinski definition) is 1. The third-order valence-electron chi connectivity index (χ3n) is 3.55. The van der Waals surface area contributed by atoms with E-state index in [1.807, 2.05) is 0 Å². The average Bonchev–Trinajstić information content (AvgIpc) is 2.77. The number of benzene rings is 1. The summed E-state index contributed by atoms with van der Waals surface area (Å²) >= 11 is 0. The largest absolute Gasteiger partial charge is 0.492 e. The topological polar surface area (TPSA) is 21.3 Å². The van der Waals surface area contributed by atoms with Crippen molar-refractivity contribution >= 4 is 0 Å². The first-order valence-corrected chi connectivity index (χ1v) is 6.94. The first-order chi connectivity index (χ1) is 8.47. The molecule has 0 spiro atoms. The lowest BCUT2D eigenvalue weighted by Gasteiger charge is -2.24. The van der Waals surface area contributed by atoms with Crippen molar-refractivity contribution in [1.82, 2.24) is 5.32 Å². The third-order valence-corrected chi connectivity index (χ3v) is 3.55. The quantitative estimate of drug-likeness (QED) is 0.883. The maximum atomic E-state index is 6.07. The van der Waals surface area contributed by atoms with Crippen LogP contribution in [0.5, 0.6) is 5.75 Å². The van der Waals surface area contributed by atoms with Crippen molar-refractivity contribution < 1.29 is 4.74 Å². The van der Waals surface area contributed by atoms with Crippen LogP contribution in [0, 0.1) is 6.92 Å². The third kappa shape index (κ3) is 3.26. The van der Waals surface area contributed by atoms with Crippen LogP contribution in [-0.2, 0) is 5.41 Å². The Labute approximate surface area is 111 Å². The summed E-state index contributed by atoms with van der Waals surface area (Å²) in [6, 6.07) is 7.06. The molecule has 2 rings (SSSR count). The second-order valence-electron chi connectivity index (χ2n) is 6.35. The van der Waals surface area contributed by atoms with Crippen molar-refractivity contribution in [2.45, 2.75) is 52.0 Å². The molecule has 0 radical (unpaired) electrons. The van der Waals surface area contributed by atoms with E-state index in [0.29, 0.717) is 6.04 Å². The standard InChI is InChI=1S/C16H25NO/c1-12-7-8-14(16(2,3)4)15(10-12)18-11-13-6-5-9-17-13/h7-8,10,13,17H,5-6,9,11H2,1-4H3/t13-/m0/s1. The Morgan fingerprint density at radius 1 is 1.33 bits per heavy atom. The molecule has 1 aromatic carbocycles. The average molecular weight is 247 g/mol. The lowest BCUT2D eigenvalue weighted by Crippen LogP contribution is -2.28. The van der Waals surface area contributed by atoms with Gasteiger partial charge >= 0.3 is 0 Å². The van der Waals surface area contributed by atoms with Crippen LogP contribution in [0.2, 0.25) is 0 Å². The molecule has 1 heterocycles. The van der Waals surface area contributed by atoms with Gasteiger partial charge in [-0.2, -0.15) is 0 Å². The Balaban J connectivity index is 2.12. The molecule has 2 heteroatoms. The van der Waals surface area contributed by atoms with Crippen molar-refractivity contribution in [1.29, 1.82) is 0 Å². The summed E-state index contributed by atoms with van der Waals surface area (Å²) in [7, 11) is 0. The highest BCUT2D eigenvalue weighted by Crippen LogP contribution is 2.32. The molecule has 1 aliphatic rings. The summed E-state index contributed by atoms with van der Waals surface area (Å²) in [4.78, 5) is 0. The normalized spacial score (nSPS) is 20.1. The van der Waals surface area contributed by atoms with Gasteiger partial charge in [0, 0.05) is 6.04 Å². The molecule has 1 aliphatic heterocycles. The van der Waals surface area contributed by atoms with Crippen LogP contribution in [0.3, 0.4) is 0 Å². The highest BCUT2D eigenvalue weighted by molar-refractivity contribution is 5.41. The highest BCUT2D eigenvalue weighted by atomic mass is 16.5. The van der Waals surface area contributed by atoms with Gasteiger partial charge in [0.2, 0.25) is 0 Å². The van der Waals surface area contributed by atoms with Crippen molar-refractivity contribution in [3.63, 3.8) is 0 Å². The maximum absolute atomic E-state index is 6.07. The smallest absolute Gasteiger partial charge is 0.123 e. The second kappa shape index (κ2) is 5.31. The van der Waals surface area contributed by atoms with Gasteiger partial charge in [-0.3, -0.25) is 0 Å². The first-order valence-electron chi connectivity index (χ1n) is 6.94. The number of rotatable bonds is 3. The molecule has 100 valence electrons. The minimum Gasteiger partial charge on any atom is -0.492 e. The number of ether oxygens (including phenoxy) is 1. The van der Waals surface area contributed by atoms with Crippen molar-refractivity contribution in [3.8, 4) is 5.75 Å². The van der Waals surface area contributed by atoms with Crippen LogP contribution in [0.1, 0.15) is 44.7 Å². The lowest BCUT2D eigenvalue weighted by molar-refractivity contribution is 0.271. The summed E-state index contributed by atoms with van der Waals surface area (Å²) in [5.41, 5.74) is 2.69. The van der Waals surface area contributed by atoms with E-state index >= 15 is 0 Å². The van der Waals surface area contributed by atoms with Crippen LogP contribution in [0.15, 0.2) is 18.2 Å². The molecule has 1 saturated heterocycles. The molecule has 1 fully saturated rings. The molecular formula is C16H25NO. The van der Waals surface area contributed by atoms with Gasteiger partial charge in [-0.15, -0.1) is 0 Å². The highest BCUT2D eigenvalue weighted by Gasteiger charge is 2.20. The molecule has 0 amide bonds. The Morgan fingerprint density at radius 3 is 2.72 bits per heavy atom. The van der Waals surface area contributed by atoms with Gasteiger partial charge in [-0.25, -0.2) is 0 Å². The van der Waals surface area contributed by atoms with E-state index in [0.717, 1.165) is 18.9 Å². The van der Waals surface area contributed by atoms with Gasteiger partial charge in [-0.05, 0) is 48.9 Å². The zero-order chi connectivity index (χ0) is 13.2. The lowest BCUT2D eigenvalue weighted by atomic mass is 9.86. The van der Waals surface area contributed by atoms with Gasteiger partial charge in [0.1, 0.15) is 12.4 Å². The maximum Gasteiger partial charge on any atom is 0.123 e. The Bertz CT molecular complexity index is 400. The molecule has 0 bridgehead atoms. The Morgan fingerprint density at radius 2 is 2.11 bits per heavy atom. The van der Waals surface area contributed by atoms with Crippen LogP contribution >= 0.6 is 0 Å². The Kier molecular flexibility index (Phi) is 3.96. The molecule has 2 nitrogen and oxygen atoms in total. The zero-order valence-electron chi connectivity index (χ0n) is 12.0. The predicted molar refractivity (Wildman–Crippen MR) is 76.4 cm³/mol. The van der Waals surface area contributed by atoms with E-state index in [1.165, 1.54) is 24.0 Å². The van der Waals surface area contributed by atoms with E-state index in [4.69, 9.17) is 4.74 Å². The molecular weight excluding hydrogens is 222 g/mol. The summed E-state index contributed by atoms with van der Waals surface area (Å²) in [5, 5.41) is 3.47. The summed E-state index contributed by atoms with van der Waals surface area (Å²) < 4.78 is 6.07. The van der Waals surface area contributed by atoms with Crippen LogP contribution in [-0.4, -0.2) is 19.2 Å². The fourth-order valence-electron chi connectivity index (χ4n) is 2.46. The second-order valence-corrected chi connectivity index (χ2v) is 6.35.